The summed E-state index contributed by atoms with van der Waals surface area (Å²) in [5.74, 6) is 0.866. The van der Waals surface area contributed by atoms with Crippen LogP contribution >= 0.6 is 0 Å². The fraction of sp³-hybridized carbons (Fsp3) is 0.545. The second-order valence-corrected chi connectivity index (χ2v) is 3.51. The minimum absolute atomic E-state index is 0.429. The molecule has 15 heavy (non-hydrogen) atoms. The van der Waals surface area contributed by atoms with Crippen LogP contribution in [0.5, 0.6) is 0 Å². The van der Waals surface area contributed by atoms with E-state index < -0.39 is 0 Å². The van der Waals surface area contributed by atoms with Crippen LogP contribution in [0.15, 0.2) is 23.2 Å². The third-order valence-corrected chi connectivity index (χ3v) is 2.12. The summed E-state index contributed by atoms with van der Waals surface area (Å²) >= 11 is 0. The van der Waals surface area contributed by atoms with Crippen molar-refractivity contribution in [2.45, 2.75) is 26.4 Å². The Kier molecular flexibility index (Phi) is 5.07. The van der Waals surface area contributed by atoms with Gasteiger partial charge in [0.1, 0.15) is 0 Å². The van der Waals surface area contributed by atoms with Crippen LogP contribution in [-0.4, -0.2) is 23.1 Å². The first-order valence-corrected chi connectivity index (χ1v) is 5.28. The minimum atomic E-state index is 0.429. The van der Waals surface area contributed by atoms with Gasteiger partial charge in [-0.3, -0.25) is 4.90 Å². The van der Waals surface area contributed by atoms with E-state index in [1.54, 1.807) is 0 Å². The molecule has 0 spiro atoms. The number of hydrogen-bond donors (Lipinski definition) is 1. The first-order valence-electron chi connectivity index (χ1n) is 5.28. The predicted molar refractivity (Wildman–Crippen MR) is 60.2 cm³/mol. The van der Waals surface area contributed by atoms with Gasteiger partial charge in [0.15, 0.2) is 5.76 Å². The molecule has 0 radical (unpaired) electrons. The molecule has 1 aromatic heterocycles. The summed E-state index contributed by atoms with van der Waals surface area (Å²) in [4.78, 5) is 2.26. The average Bonchev–Trinajstić information content (AvgIpc) is 2.66. The topological polar surface area (TPSA) is 55.3 Å². The van der Waals surface area contributed by atoms with Crippen LogP contribution in [0, 0.1) is 0 Å². The molecule has 2 N–H and O–H groups in total. The number of nitrogens with zero attached hydrogens (tertiary/aromatic N) is 2. The van der Waals surface area contributed by atoms with Crippen molar-refractivity contribution < 1.29 is 4.52 Å². The van der Waals surface area contributed by atoms with E-state index >= 15 is 0 Å². The van der Waals surface area contributed by atoms with Crippen molar-refractivity contribution in [3.05, 3.63) is 30.2 Å². The van der Waals surface area contributed by atoms with E-state index in [9.17, 15) is 0 Å². The van der Waals surface area contributed by atoms with Crippen molar-refractivity contribution in [3.8, 4) is 0 Å². The lowest BCUT2D eigenvalue weighted by Gasteiger charge is -2.17. The molecular formula is C11H19N3O. The highest BCUT2D eigenvalue weighted by Crippen LogP contribution is 2.07. The van der Waals surface area contributed by atoms with Crippen LogP contribution in [0.25, 0.3) is 0 Å². The lowest BCUT2D eigenvalue weighted by atomic mass is 10.3. The number of hydrogen-bond acceptors (Lipinski definition) is 4. The zero-order chi connectivity index (χ0) is 11.1. The van der Waals surface area contributed by atoms with Crippen LogP contribution < -0.4 is 5.73 Å². The Morgan fingerprint density at radius 2 is 2.47 bits per heavy atom. The van der Waals surface area contributed by atoms with Gasteiger partial charge in [0.25, 0.3) is 0 Å². The van der Waals surface area contributed by atoms with Gasteiger partial charge in [-0.05, 0) is 13.0 Å². The Morgan fingerprint density at radius 1 is 1.67 bits per heavy atom. The van der Waals surface area contributed by atoms with E-state index in [0.29, 0.717) is 6.54 Å². The fourth-order valence-corrected chi connectivity index (χ4v) is 1.48. The third-order valence-electron chi connectivity index (χ3n) is 2.12. The van der Waals surface area contributed by atoms with E-state index in [1.165, 1.54) is 0 Å². The average molecular weight is 209 g/mol. The smallest absolute Gasteiger partial charge is 0.151 e. The molecule has 0 saturated carbocycles. The van der Waals surface area contributed by atoms with Crippen molar-refractivity contribution in [1.29, 1.82) is 0 Å². The number of aromatic nitrogens is 1. The third kappa shape index (κ3) is 3.85. The molecule has 84 valence electrons. The summed E-state index contributed by atoms with van der Waals surface area (Å²) in [5, 5.41) is 3.86. The van der Waals surface area contributed by atoms with Gasteiger partial charge in [0, 0.05) is 19.2 Å². The summed E-state index contributed by atoms with van der Waals surface area (Å²) < 4.78 is 5.17. The zero-order valence-electron chi connectivity index (χ0n) is 9.28. The lowest BCUT2D eigenvalue weighted by molar-refractivity contribution is 0.251. The maximum atomic E-state index is 5.46. The molecule has 0 atom stereocenters. The molecule has 0 amide bonds. The van der Waals surface area contributed by atoms with E-state index in [1.807, 2.05) is 12.1 Å². The maximum Gasteiger partial charge on any atom is 0.151 e. The SMILES string of the molecule is C=CCN(CCC)Cc1cc(CN)no1. The normalized spacial score (nSPS) is 10.9. The highest BCUT2D eigenvalue weighted by molar-refractivity contribution is 5.04. The van der Waals surface area contributed by atoms with Gasteiger partial charge in [-0.2, -0.15) is 0 Å². The van der Waals surface area contributed by atoms with E-state index in [0.717, 1.165) is 37.5 Å². The van der Waals surface area contributed by atoms with Crippen molar-refractivity contribution in [2.75, 3.05) is 13.1 Å². The molecule has 0 fully saturated rings. The van der Waals surface area contributed by atoms with Gasteiger partial charge in [-0.25, -0.2) is 0 Å². The Hall–Kier alpha value is -1.13. The molecule has 0 bridgehead atoms. The van der Waals surface area contributed by atoms with Crippen LogP contribution in [0.2, 0.25) is 0 Å². The second kappa shape index (κ2) is 6.37. The molecule has 1 aromatic rings. The Balaban J connectivity index is 2.52. The Morgan fingerprint density at radius 3 is 3.00 bits per heavy atom. The Labute approximate surface area is 90.7 Å². The standard InChI is InChI=1S/C11H19N3O/c1-3-5-14(6-4-2)9-11-7-10(8-12)13-15-11/h3,7H,1,4-6,8-9,12H2,2H3. The Bertz CT molecular complexity index is 296. The molecule has 0 aliphatic rings. The van der Waals surface area contributed by atoms with Gasteiger partial charge in [-0.1, -0.05) is 18.2 Å². The summed E-state index contributed by atoms with van der Waals surface area (Å²) in [5.41, 5.74) is 6.26. The van der Waals surface area contributed by atoms with Crippen molar-refractivity contribution >= 4 is 0 Å². The predicted octanol–water partition coefficient (Wildman–Crippen LogP) is 1.53. The van der Waals surface area contributed by atoms with Crippen LogP contribution in [-0.2, 0) is 13.1 Å². The van der Waals surface area contributed by atoms with E-state index in [-0.39, 0.29) is 0 Å². The quantitative estimate of drug-likeness (QED) is 0.692. The second-order valence-electron chi connectivity index (χ2n) is 3.51. The summed E-state index contributed by atoms with van der Waals surface area (Å²) in [7, 11) is 0. The lowest BCUT2D eigenvalue weighted by Crippen LogP contribution is -2.23. The van der Waals surface area contributed by atoms with Gasteiger partial charge < -0.3 is 10.3 Å². The summed E-state index contributed by atoms with van der Waals surface area (Å²) in [6.07, 6.45) is 3.02. The molecule has 0 saturated heterocycles. The van der Waals surface area contributed by atoms with Gasteiger partial charge in [-0.15, -0.1) is 6.58 Å². The molecule has 4 heteroatoms. The van der Waals surface area contributed by atoms with Crippen LogP contribution in [0.3, 0.4) is 0 Å². The van der Waals surface area contributed by atoms with Crippen molar-refractivity contribution in [1.82, 2.24) is 10.1 Å². The number of rotatable bonds is 7. The first kappa shape index (κ1) is 11.9. The highest BCUT2D eigenvalue weighted by Gasteiger charge is 2.07. The molecule has 0 aliphatic carbocycles. The maximum absolute atomic E-state index is 5.46. The van der Waals surface area contributed by atoms with E-state index in [4.69, 9.17) is 10.3 Å². The fourth-order valence-electron chi connectivity index (χ4n) is 1.48. The van der Waals surface area contributed by atoms with Crippen LogP contribution in [0.1, 0.15) is 24.8 Å². The molecular weight excluding hydrogens is 190 g/mol. The highest BCUT2D eigenvalue weighted by atomic mass is 16.5. The van der Waals surface area contributed by atoms with Gasteiger partial charge in [0.05, 0.1) is 12.2 Å². The summed E-state index contributed by atoms with van der Waals surface area (Å²) in [6.45, 7) is 8.99. The first-order chi connectivity index (χ1) is 7.30. The molecule has 0 aliphatic heterocycles. The number of nitrogens with two attached hydrogens (primary N) is 1. The van der Waals surface area contributed by atoms with E-state index in [2.05, 4.69) is 23.6 Å². The summed E-state index contributed by atoms with van der Waals surface area (Å²) in [6, 6.07) is 1.91. The zero-order valence-corrected chi connectivity index (χ0v) is 9.28. The minimum Gasteiger partial charge on any atom is -0.360 e. The molecule has 0 unspecified atom stereocenters. The molecule has 1 heterocycles. The van der Waals surface area contributed by atoms with Crippen LogP contribution in [0.4, 0.5) is 0 Å². The van der Waals surface area contributed by atoms with Gasteiger partial charge >= 0.3 is 0 Å². The largest absolute Gasteiger partial charge is 0.360 e. The van der Waals surface area contributed by atoms with Gasteiger partial charge in [0.2, 0.25) is 0 Å². The molecule has 4 nitrogen and oxygen atoms in total. The van der Waals surface area contributed by atoms with Crippen molar-refractivity contribution in [2.24, 2.45) is 5.73 Å². The molecule has 1 rings (SSSR count). The van der Waals surface area contributed by atoms with Crippen molar-refractivity contribution in [3.63, 3.8) is 0 Å². The monoisotopic (exact) mass is 209 g/mol. The molecule has 0 aromatic carbocycles.